The molecule has 118 valence electrons. The lowest BCUT2D eigenvalue weighted by Gasteiger charge is -2.43. The largest absolute Gasteiger partial charge is 0.481 e. The van der Waals surface area contributed by atoms with E-state index in [0.717, 1.165) is 37.8 Å². The number of rotatable bonds is 3. The molecule has 2 aliphatic carbocycles. The van der Waals surface area contributed by atoms with Gasteiger partial charge in [-0.2, -0.15) is 0 Å². The number of hydrogen-bond donors (Lipinski definition) is 2. The first kappa shape index (κ1) is 14.7. The van der Waals surface area contributed by atoms with Crippen molar-refractivity contribution in [2.45, 2.75) is 57.4 Å². The minimum absolute atomic E-state index is 0.0584. The number of amides is 2. The summed E-state index contributed by atoms with van der Waals surface area (Å²) in [6, 6.07) is 0.224. The zero-order valence-electron chi connectivity index (χ0n) is 12.6. The summed E-state index contributed by atoms with van der Waals surface area (Å²) in [5, 5.41) is 12.1. The smallest absolute Gasteiger partial charge is 0.317 e. The Bertz CT molecular complexity index is 392. The van der Waals surface area contributed by atoms with E-state index in [2.05, 4.69) is 5.32 Å². The van der Waals surface area contributed by atoms with E-state index in [4.69, 9.17) is 5.11 Å². The quantitative estimate of drug-likeness (QED) is 0.840. The third kappa shape index (κ3) is 3.33. The summed E-state index contributed by atoms with van der Waals surface area (Å²) in [4.78, 5) is 25.0. The van der Waals surface area contributed by atoms with Gasteiger partial charge in [0.2, 0.25) is 0 Å². The average molecular weight is 294 g/mol. The van der Waals surface area contributed by atoms with Gasteiger partial charge in [0.15, 0.2) is 0 Å². The first-order chi connectivity index (χ1) is 10.1. The molecule has 3 fully saturated rings. The zero-order chi connectivity index (χ0) is 14.8. The van der Waals surface area contributed by atoms with E-state index in [1.54, 1.807) is 0 Å². The minimum atomic E-state index is -0.693. The number of carbonyl (C=O) groups excluding carboxylic acids is 1. The molecule has 0 atom stereocenters. The number of carboxylic acids is 1. The molecule has 5 heteroatoms. The molecule has 0 aromatic heterocycles. The number of likely N-dealkylation sites (tertiary alicyclic amines) is 1. The number of hydrogen-bond acceptors (Lipinski definition) is 2. The molecule has 3 aliphatic rings. The fourth-order valence-corrected chi connectivity index (χ4v) is 4.16. The van der Waals surface area contributed by atoms with Gasteiger partial charge in [-0.25, -0.2) is 4.79 Å². The van der Waals surface area contributed by atoms with Crippen molar-refractivity contribution in [1.82, 2.24) is 10.2 Å². The summed E-state index contributed by atoms with van der Waals surface area (Å²) in [7, 11) is 0. The molecule has 2 amide bonds. The Morgan fingerprint density at radius 2 is 1.52 bits per heavy atom. The second-order valence-electron chi connectivity index (χ2n) is 7.05. The first-order valence-corrected chi connectivity index (χ1v) is 8.41. The molecule has 0 radical (unpaired) electrons. The van der Waals surface area contributed by atoms with Crippen LogP contribution in [-0.4, -0.2) is 41.1 Å². The van der Waals surface area contributed by atoms with Crippen molar-refractivity contribution in [1.29, 1.82) is 0 Å². The second-order valence-corrected chi connectivity index (χ2v) is 7.05. The number of aliphatic carboxylic acids is 1. The van der Waals surface area contributed by atoms with Gasteiger partial charge in [-0.3, -0.25) is 4.79 Å². The molecule has 1 saturated heterocycles. The van der Waals surface area contributed by atoms with Gasteiger partial charge in [0, 0.05) is 19.1 Å². The third-order valence-corrected chi connectivity index (χ3v) is 5.67. The number of carbonyl (C=O) groups is 2. The van der Waals surface area contributed by atoms with Crippen molar-refractivity contribution in [2.24, 2.45) is 17.8 Å². The fraction of sp³-hybridized carbons (Fsp3) is 0.875. The maximum Gasteiger partial charge on any atom is 0.317 e. The molecule has 0 aromatic carbocycles. The van der Waals surface area contributed by atoms with E-state index in [0.29, 0.717) is 12.8 Å². The molecule has 1 aliphatic heterocycles. The molecule has 0 bridgehead atoms. The average Bonchev–Trinajstić information content (AvgIpc) is 2.91. The van der Waals surface area contributed by atoms with Crippen LogP contribution in [0.1, 0.15) is 51.4 Å². The van der Waals surface area contributed by atoms with Crippen LogP contribution in [0.15, 0.2) is 0 Å². The highest BCUT2D eigenvalue weighted by molar-refractivity contribution is 5.75. The third-order valence-electron chi connectivity index (χ3n) is 5.67. The highest BCUT2D eigenvalue weighted by Gasteiger charge is 2.38. The summed E-state index contributed by atoms with van der Waals surface area (Å²) in [5.41, 5.74) is 0. The van der Waals surface area contributed by atoms with Crippen molar-refractivity contribution in [3.63, 3.8) is 0 Å². The summed E-state index contributed by atoms with van der Waals surface area (Å²) in [5.74, 6) is 0.664. The van der Waals surface area contributed by atoms with Crippen LogP contribution in [0.4, 0.5) is 4.79 Å². The Morgan fingerprint density at radius 1 is 0.905 bits per heavy atom. The van der Waals surface area contributed by atoms with Crippen LogP contribution < -0.4 is 5.32 Å². The molecule has 0 spiro atoms. The first-order valence-electron chi connectivity index (χ1n) is 8.41. The van der Waals surface area contributed by atoms with Crippen LogP contribution in [0.5, 0.6) is 0 Å². The lowest BCUT2D eigenvalue weighted by atomic mass is 9.84. The van der Waals surface area contributed by atoms with E-state index in [-0.39, 0.29) is 18.0 Å². The van der Waals surface area contributed by atoms with E-state index in [9.17, 15) is 9.59 Å². The van der Waals surface area contributed by atoms with Gasteiger partial charge >= 0.3 is 12.0 Å². The van der Waals surface area contributed by atoms with Crippen molar-refractivity contribution in [3.8, 4) is 0 Å². The van der Waals surface area contributed by atoms with E-state index >= 15 is 0 Å². The van der Waals surface area contributed by atoms with Crippen LogP contribution in [0.25, 0.3) is 0 Å². The van der Waals surface area contributed by atoms with Crippen molar-refractivity contribution >= 4 is 12.0 Å². The molecule has 3 rings (SSSR count). The van der Waals surface area contributed by atoms with Crippen LogP contribution in [0.2, 0.25) is 0 Å². The molecule has 5 nitrogen and oxygen atoms in total. The van der Waals surface area contributed by atoms with Crippen molar-refractivity contribution < 1.29 is 14.7 Å². The Kier molecular flexibility index (Phi) is 4.36. The van der Waals surface area contributed by atoms with Crippen LogP contribution in [-0.2, 0) is 4.79 Å². The van der Waals surface area contributed by atoms with E-state index in [1.807, 2.05) is 4.90 Å². The van der Waals surface area contributed by atoms with Gasteiger partial charge in [-0.15, -0.1) is 0 Å². The molecular weight excluding hydrogens is 268 g/mol. The van der Waals surface area contributed by atoms with Crippen LogP contribution in [0.3, 0.4) is 0 Å². The maximum atomic E-state index is 12.2. The predicted molar refractivity (Wildman–Crippen MR) is 78.9 cm³/mol. The van der Waals surface area contributed by atoms with E-state index < -0.39 is 5.97 Å². The van der Waals surface area contributed by atoms with Crippen molar-refractivity contribution in [3.05, 3.63) is 0 Å². The Hall–Kier alpha value is -1.26. The monoisotopic (exact) mass is 294 g/mol. The lowest BCUT2D eigenvalue weighted by Crippen LogP contribution is -2.57. The number of carboxylic acid groups (broad SMARTS) is 1. The topological polar surface area (TPSA) is 69.6 Å². The van der Waals surface area contributed by atoms with Crippen molar-refractivity contribution in [2.75, 3.05) is 13.1 Å². The van der Waals surface area contributed by atoms with Gasteiger partial charge < -0.3 is 15.3 Å². The summed E-state index contributed by atoms with van der Waals surface area (Å²) >= 11 is 0. The predicted octanol–water partition coefficient (Wildman–Crippen LogP) is 2.46. The van der Waals surface area contributed by atoms with Gasteiger partial charge in [0.05, 0.1) is 5.92 Å². The molecule has 1 heterocycles. The fourth-order valence-electron chi connectivity index (χ4n) is 4.16. The van der Waals surface area contributed by atoms with Crippen LogP contribution in [0, 0.1) is 17.8 Å². The Balaban J connectivity index is 1.37. The van der Waals surface area contributed by atoms with E-state index in [1.165, 1.54) is 25.7 Å². The summed E-state index contributed by atoms with van der Waals surface area (Å²) < 4.78 is 0. The molecule has 2 N–H and O–H groups in total. The van der Waals surface area contributed by atoms with Gasteiger partial charge in [-0.1, -0.05) is 25.7 Å². The zero-order valence-corrected chi connectivity index (χ0v) is 12.6. The highest BCUT2D eigenvalue weighted by atomic mass is 16.4. The Morgan fingerprint density at radius 3 is 2.10 bits per heavy atom. The SMILES string of the molecule is O=C(O)C1CCC(NC(=O)N2CC(C3CCCC3)C2)CC1. The summed E-state index contributed by atoms with van der Waals surface area (Å²) in [6.45, 7) is 1.84. The summed E-state index contributed by atoms with van der Waals surface area (Å²) in [6.07, 6.45) is 8.38. The highest BCUT2D eigenvalue weighted by Crippen LogP contribution is 2.36. The molecule has 21 heavy (non-hydrogen) atoms. The molecule has 0 aromatic rings. The standard InChI is InChI=1S/C16H26N2O3/c19-15(20)12-5-7-14(8-6-12)17-16(21)18-9-13(10-18)11-3-1-2-4-11/h11-14H,1-10H2,(H,17,21)(H,19,20). The Labute approximate surface area is 126 Å². The van der Waals surface area contributed by atoms with Crippen LogP contribution >= 0.6 is 0 Å². The lowest BCUT2D eigenvalue weighted by molar-refractivity contribution is -0.142. The second kappa shape index (κ2) is 6.24. The number of urea groups is 1. The van der Waals surface area contributed by atoms with Gasteiger partial charge in [-0.05, 0) is 37.5 Å². The normalized spacial score (nSPS) is 31.0. The number of nitrogens with one attached hydrogen (secondary N) is 1. The minimum Gasteiger partial charge on any atom is -0.481 e. The van der Waals surface area contributed by atoms with Gasteiger partial charge in [0.25, 0.3) is 0 Å². The number of nitrogens with zero attached hydrogens (tertiary/aromatic N) is 1. The molecule has 2 saturated carbocycles. The maximum absolute atomic E-state index is 12.2. The molecular formula is C16H26N2O3. The molecule has 0 unspecified atom stereocenters. The van der Waals surface area contributed by atoms with Gasteiger partial charge in [0.1, 0.15) is 0 Å².